The van der Waals surface area contributed by atoms with Crippen LogP contribution in [0, 0.1) is 0 Å². The standard InChI is InChI=1S/C17H27NO2/c1-3-12-19-16-8-6-14(7-9-16)17(18-2)11-10-15-5-4-13-20-15/h6-9,15,17-18H,3-5,10-13H2,1-2H3. The number of nitrogens with one attached hydrogen (secondary N) is 1. The minimum Gasteiger partial charge on any atom is -0.494 e. The van der Waals surface area contributed by atoms with Crippen LogP contribution in [0.2, 0.25) is 0 Å². The highest BCUT2D eigenvalue weighted by molar-refractivity contribution is 5.29. The molecule has 0 bridgehead atoms. The average molecular weight is 277 g/mol. The molecule has 0 saturated carbocycles. The Morgan fingerprint density at radius 1 is 1.35 bits per heavy atom. The van der Waals surface area contributed by atoms with Gasteiger partial charge >= 0.3 is 0 Å². The Balaban J connectivity index is 1.85. The first kappa shape index (κ1) is 15.3. The lowest BCUT2D eigenvalue weighted by atomic mass is 9.99. The van der Waals surface area contributed by atoms with Crippen LogP contribution >= 0.6 is 0 Å². The maximum absolute atomic E-state index is 5.70. The Morgan fingerprint density at radius 3 is 2.75 bits per heavy atom. The SMILES string of the molecule is CCCOc1ccc(C(CCC2CCCO2)NC)cc1. The Morgan fingerprint density at radius 2 is 2.15 bits per heavy atom. The van der Waals surface area contributed by atoms with E-state index in [4.69, 9.17) is 9.47 Å². The zero-order valence-corrected chi connectivity index (χ0v) is 12.7. The molecular formula is C17H27NO2. The zero-order valence-electron chi connectivity index (χ0n) is 12.7. The fourth-order valence-corrected chi connectivity index (χ4v) is 2.72. The lowest BCUT2D eigenvalue weighted by molar-refractivity contribution is 0.0998. The molecule has 0 spiro atoms. The van der Waals surface area contributed by atoms with Crippen molar-refractivity contribution < 1.29 is 9.47 Å². The highest BCUT2D eigenvalue weighted by Gasteiger charge is 2.18. The summed E-state index contributed by atoms with van der Waals surface area (Å²) in [4.78, 5) is 0. The van der Waals surface area contributed by atoms with Gasteiger partial charge in [-0.2, -0.15) is 0 Å². The van der Waals surface area contributed by atoms with Crippen molar-refractivity contribution in [3.8, 4) is 5.75 Å². The molecule has 1 N–H and O–H groups in total. The van der Waals surface area contributed by atoms with Gasteiger partial charge in [0.2, 0.25) is 0 Å². The van der Waals surface area contributed by atoms with E-state index in [1.165, 1.54) is 18.4 Å². The van der Waals surface area contributed by atoms with Gasteiger partial charge in [0.1, 0.15) is 5.75 Å². The third kappa shape index (κ3) is 4.50. The maximum atomic E-state index is 5.70. The van der Waals surface area contributed by atoms with Gasteiger partial charge in [-0.25, -0.2) is 0 Å². The van der Waals surface area contributed by atoms with E-state index in [0.717, 1.165) is 38.2 Å². The summed E-state index contributed by atoms with van der Waals surface area (Å²) < 4.78 is 11.3. The van der Waals surface area contributed by atoms with Crippen LogP contribution in [0.4, 0.5) is 0 Å². The number of rotatable bonds is 8. The van der Waals surface area contributed by atoms with Crippen LogP contribution in [0.15, 0.2) is 24.3 Å². The van der Waals surface area contributed by atoms with Gasteiger partial charge < -0.3 is 14.8 Å². The van der Waals surface area contributed by atoms with Gasteiger partial charge in [-0.15, -0.1) is 0 Å². The van der Waals surface area contributed by atoms with Gasteiger partial charge in [0.25, 0.3) is 0 Å². The van der Waals surface area contributed by atoms with E-state index in [1.807, 2.05) is 7.05 Å². The van der Waals surface area contributed by atoms with E-state index in [-0.39, 0.29) is 0 Å². The van der Waals surface area contributed by atoms with E-state index in [2.05, 4.69) is 36.5 Å². The summed E-state index contributed by atoms with van der Waals surface area (Å²) >= 11 is 0. The first-order valence-corrected chi connectivity index (χ1v) is 7.85. The molecule has 1 saturated heterocycles. The molecule has 1 fully saturated rings. The molecule has 2 rings (SSSR count). The van der Waals surface area contributed by atoms with Crippen LogP contribution < -0.4 is 10.1 Å². The molecule has 20 heavy (non-hydrogen) atoms. The summed E-state index contributed by atoms with van der Waals surface area (Å²) in [6.07, 6.45) is 6.22. The minimum absolute atomic E-state index is 0.402. The smallest absolute Gasteiger partial charge is 0.119 e. The molecule has 2 atom stereocenters. The molecule has 1 aliphatic heterocycles. The average Bonchev–Trinajstić information content (AvgIpc) is 3.00. The minimum atomic E-state index is 0.402. The molecule has 2 unspecified atom stereocenters. The molecule has 112 valence electrons. The Hall–Kier alpha value is -1.06. The molecule has 0 aliphatic carbocycles. The topological polar surface area (TPSA) is 30.5 Å². The molecule has 0 aromatic heterocycles. The van der Waals surface area contributed by atoms with Crippen LogP contribution in [0.1, 0.15) is 50.6 Å². The van der Waals surface area contributed by atoms with Crippen molar-refractivity contribution in [2.75, 3.05) is 20.3 Å². The van der Waals surface area contributed by atoms with Gasteiger partial charge in [0.15, 0.2) is 0 Å². The highest BCUT2D eigenvalue weighted by Crippen LogP contribution is 2.25. The van der Waals surface area contributed by atoms with Gasteiger partial charge in [0, 0.05) is 12.6 Å². The summed E-state index contributed by atoms with van der Waals surface area (Å²) in [5.41, 5.74) is 1.33. The molecule has 1 aromatic carbocycles. The Bertz CT molecular complexity index is 371. The van der Waals surface area contributed by atoms with E-state index < -0.39 is 0 Å². The van der Waals surface area contributed by atoms with Crippen molar-refractivity contribution in [2.45, 2.75) is 51.2 Å². The van der Waals surface area contributed by atoms with E-state index >= 15 is 0 Å². The van der Waals surface area contributed by atoms with Crippen molar-refractivity contribution in [1.29, 1.82) is 0 Å². The number of hydrogen-bond donors (Lipinski definition) is 1. The van der Waals surface area contributed by atoms with E-state index in [9.17, 15) is 0 Å². The predicted octanol–water partition coefficient (Wildman–Crippen LogP) is 3.70. The van der Waals surface area contributed by atoms with Crippen LogP contribution in [-0.4, -0.2) is 26.4 Å². The van der Waals surface area contributed by atoms with Crippen molar-refractivity contribution in [3.63, 3.8) is 0 Å². The summed E-state index contributed by atoms with van der Waals surface area (Å²) in [6.45, 7) is 3.85. The van der Waals surface area contributed by atoms with Gasteiger partial charge in [-0.1, -0.05) is 19.1 Å². The fraction of sp³-hybridized carbons (Fsp3) is 0.647. The van der Waals surface area contributed by atoms with Gasteiger partial charge in [-0.05, 0) is 56.8 Å². The molecule has 0 amide bonds. The maximum Gasteiger partial charge on any atom is 0.119 e. The zero-order chi connectivity index (χ0) is 14.2. The van der Waals surface area contributed by atoms with Crippen molar-refractivity contribution in [2.24, 2.45) is 0 Å². The van der Waals surface area contributed by atoms with Crippen LogP contribution in [-0.2, 0) is 4.74 Å². The van der Waals surface area contributed by atoms with Gasteiger partial charge in [0.05, 0.1) is 12.7 Å². The first-order chi connectivity index (χ1) is 9.83. The van der Waals surface area contributed by atoms with E-state index in [1.54, 1.807) is 0 Å². The monoisotopic (exact) mass is 277 g/mol. The molecule has 1 heterocycles. The second kappa shape index (κ2) is 8.28. The van der Waals surface area contributed by atoms with Crippen LogP contribution in [0.25, 0.3) is 0 Å². The summed E-state index contributed by atoms with van der Waals surface area (Å²) in [5.74, 6) is 0.963. The van der Waals surface area contributed by atoms with Crippen LogP contribution in [0.5, 0.6) is 5.75 Å². The largest absolute Gasteiger partial charge is 0.494 e. The normalized spacial score (nSPS) is 20.0. The summed E-state index contributed by atoms with van der Waals surface area (Å²) in [7, 11) is 2.03. The van der Waals surface area contributed by atoms with Crippen molar-refractivity contribution in [3.05, 3.63) is 29.8 Å². The molecule has 3 nitrogen and oxygen atoms in total. The molecule has 0 radical (unpaired) electrons. The lowest BCUT2D eigenvalue weighted by Crippen LogP contribution is -2.18. The second-order valence-corrected chi connectivity index (χ2v) is 5.47. The Labute approximate surface area is 122 Å². The fourth-order valence-electron chi connectivity index (χ4n) is 2.72. The summed E-state index contributed by atoms with van der Waals surface area (Å²) in [5, 5.41) is 3.41. The first-order valence-electron chi connectivity index (χ1n) is 7.85. The van der Waals surface area contributed by atoms with Crippen molar-refractivity contribution >= 4 is 0 Å². The molecule has 1 aromatic rings. The molecule has 1 aliphatic rings. The Kier molecular flexibility index (Phi) is 6.34. The second-order valence-electron chi connectivity index (χ2n) is 5.47. The predicted molar refractivity (Wildman–Crippen MR) is 82.2 cm³/mol. The van der Waals surface area contributed by atoms with Crippen molar-refractivity contribution in [1.82, 2.24) is 5.32 Å². The highest BCUT2D eigenvalue weighted by atomic mass is 16.5. The quantitative estimate of drug-likeness (QED) is 0.786. The lowest BCUT2D eigenvalue weighted by Gasteiger charge is -2.19. The van der Waals surface area contributed by atoms with E-state index in [0.29, 0.717) is 12.1 Å². The third-order valence-corrected chi connectivity index (χ3v) is 3.91. The third-order valence-electron chi connectivity index (χ3n) is 3.91. The molecule has 3 heteroatoms. The summed E-state index contributed by atoms with van der Waals surface area (Å²) in [6, 6.07) is 8.88. The molecular weight excluding hydrogens is 250 g/mol. The number of benzene rings is 1. The number of hydrogen-bond acceptors (Lipinski definition) is 3. The number of ether oxygens (including phenoxy) is 2. The van der Waals surface area contributed by atoms with Gasteiger partial charge in [-0.3, -0.25) is 0 Å². The van der Waals surface area contributed by atoms with Crippen LogP contribution in [0.3, 0.4) is 0 Å².